The molecule has 1 aromatic heterocycles. The van der Waals surface area contributed by atoms with Crippen LogP contribution in [0.2, 0.25) is 0 Å². The van der Waals surface area contributed by atoms with Gasteiger partial charge in [0.05, 0.1) is 0 Å². The van der Waals surface area contributed by atoms with Crippen LogP contribution in [0.25, 0.3) is 11.3 Å². The molecule has 26 heavy (non-hydrogen) atoms. The molecule has 0 saturated heterocycles. The van der Waals surface area contributed by atoms with E-state index in [4.69, 9.17) is 9.26 Å². The zero-order valence-electron chi connectivity index (χ0n) is 15.2. The molecule has 0 radical (unpaired) electrons. The predicted molar refractivity (Wildman–Crippen MR) is 96.5 cm³/mol. The maximum absolute atomic E-state index is 12.5. The summed E-state index contributed by atoms with van der Waals surface area (Å²) < 4.78 is 10.4. The van der Waals surface area contributed by atoms with Crippen molar-refractivity contribution in [3.63, 3.8) is 0 Å². The first-order valence-electron chi connectivity index (χ1n) is 9.04. The van der Waals surface area contributed by atoms with Crippen LogP contribution in [0.1, 0.15) is 48.7 Å². The summed E-state index contributed by atoms with van der Waals surface area (Å²) in [5, 5.41) is 6.94. The Morgan fingerprint density at radius 2 is 1.96 bits per heavy atom. The van der Waals surface area contributed by atoms with Gasteiger partial charge in [-0.3, -0.25) is 4.79 Å². The van der Waals surface area contributed by atoms with Crippen molar-refractivity contribution in [1.29, 1.82) is 0 Å². The number of carbonyl (C=O) groups excluding carboxylic acids is 2. The maximum Gasteiger partial charge on any atom is 0.344 e. The maximum atomic E-state index is 12.5. The largest absolute Gasteiger partial charge is 0.452 e. The number of benzene rings is 1. The third-order valence-corrected chi connectivity index (χ3v) is 4.91. The molecular weight excluding hydrogens is 332 g/mol. The van der Waals surface area contributed by atoms with Crippen molar-refractivity contribution >= 4 is 11.9 Å². The van der Waals surface area contributed by atoms with Crippen LogP contribution in [0.15, 0.2) is 34.9 Å². The highest BCUT2D eigenvalue weighted by Crippen LogP contribution is 2.26. The molecular formula is C20H24N2O4. The van der Waals surface area contributed by atoms with Crippen molar-refractivity contribution < 1.29 is 18.8 Å². The number of aryl methyl sites for hydroxylation is 1. The van der Waals surface area contributed by atoms with Crippen LogP contribution in [0.3, 0.4) is 0 Å². The van der Waals surface area contributed by atoms with E-state index in [0.29, 0.717) is 17.4 Å². The molecule has 1 heterocycles. The van der Waals surface area contributed by atoms with Gasteiger partial charge in [-0.25, -0.2) is 4.79 Å². The SMILES string of the molecule is Cc1onc(-c2ccccc2)c1C(=O)OCC(=O)N[C@H]1CCCC[C@H]1C. The number of hydrogen-bond donors (Lipinski definition) is 1. The van der Waals surface area contributed by atoms with Gasteiger partial charge in [0.25, 0.3) is 5.91 Å². The smallest absolute Gasteiger partial charge is 0.344 e. The molecule has 0 spiro atoms. The van der Waals surface area contributed by atoms with Crippen molar-refractivity contribution in [2.24, 2.45) is 5.92 Å². The lowest BCUT2D eigenvalue weighted by molar-refractivity contribution is -0.125. The van der Waals surface area contributed by atoms with Crippen LogP contribution in [0.4, 0.5) is 0 Å². The van der Waals surface area contributed by atoms with Gasteiger partial charge in [0.15, 0.2) is 6.61 Å². The number of carbonyl (C=O) groups is 2. The number of esters is 1. The molecule has 1 amide bonds. The minimum atomic E-state index is -0.602. The molecule has 1 saturated carbocycles. The lowest BCUT2D eigenvalue weighted by atomic mass is 9.86. The predicted octanol–water partition coefficient (Wildman–Crippen LogP) is 3.50. The second-order valence-corrected chi connectivity index (χ2v) is 6.84. The summed E-state index contributed by atoms with van der Waals surface area (Å²) in [6.07, 6.45) is 4.42. The summed E-state index contributed by atoms with van der Waals surface area (Å²) in [5.74, 6) is -0.0505. The van der Waals surface area contributed by atoms with E-state index < -0.39 is 5.97 Å². The Kier molecular flexibility index (Phi) is 5.71. The minimum absolute atomic E-state index is 0.159. The second kappa shape index (κ2) is 8.17. The lowest BCUT2D eigenvalue weighted by Crippen LogP contribution is -2.42. The molecule has 1 aromatic carbocycles. The molecule has 0 unspecified atom stereocenters. The van der Waals surface area contributed by atoms with E-state index in [2.05, 4.69) is 17.4 Å². The van der Waals surface area contributed by atoms with E-state index >= 15 is 0 Å². The fourth-order valence-corrected chi connectivity index (χ4v) is 3.39. The molecule has 138 valence electrons. The van der Waals surface area contributed by atoms with E-state index in [-0.39, 0.29) is 24.1 Å². The summed E-state index contributed by atoms with van der Waals surface area (Å²) in [6.45, 7) is 3.49. The van der Waals surface area contributed by atoms with Crippen molar-refractivity contribution in [1.82, 2.24) is 10.5 Å². The highest BCUT2D eigenvalue weighted by molar-refractivity contribution is 5.98. The number of hydrogen-bond acceptors (Lipinski definition) is 5. The first-order chi connectivity index (χ1) is 12.6. The molecule has 3 rings (SSSR count). The zero-order valence-corrected chi connectivity index (χ0v) is 15.2. The number of aromatic nitrogens is 1. The number of ether oxygens (including phenoxy) is 1. The molecule has 1 fully saturated rings. The average molecular weight is 356 g/mol. The van der Waals surface area contributed by atoms with Gasteiger partial charge >= 0.3 is 5.97 Å². The van der Waals surface area contributed by atoms with Crippen LogP contribution in [-0.2, 0) is 9.53 Å². The summed E-state index contributed by atoms with van der Waals surface area (Å²) in [7, 11) is 0. The van der Waals surface area contributed by atoms with E-state index in [1.807, 2.05) is 30.3 Å². The fraction of sp³-hybridized carbons (Fsp3) is 0.450. The van der Waals surface area contributed by atoms with Crippen molar-refractivity contribution in [2.75, 3.05) is 6.61 Å². The monoisotopic (exact) mass is 356 g/mol. The molecule has 6 heteroatoms. The van der Waals surface area contributed by atoms with E-state index in [1.165, 1.54) is 6.42 Å². The third-order valence-electron chi connectivity index (χ3n) is 4.91. The van der Waals surface area contributed by atoms with Gasteiger partial charge in [0.1, 0.15) is 17.0 Å². The Balaban J connectivity index is 1.62. The summed E-state index contributed by atoms with van der Waals surface area (Å²) in [5.41, 5.74) is 1.45. The van der Waals surface area contributed by atoms with Crippen LogP contribution in [0.5, 0.6) is 0 Å². The van der Waals surface area contributed by atoms with Gasteiger partial charge in [-0.05, 0) is 25.7 Å². The normalized spacial score (nSPS) is 19.8. The van der Waals surface area contributed by atoms with Crippen LogP contribution in [-0.4, -0.2) is 29.7 Å². The number of nitrogens with one attached hydrogen (secondary N) is 1. The highest BCUT2D eigenvalue weighted by atomic mass is 16.5. The third kappa shape index (κ3) is 4.12. The van der Waals surface area contributed by atoms with Gasteiger partial charge in [-0.15, -0.1) is 0 Å². The Labute approximate surface area is 152 Å². The van der Waals surface area contributed by atoms with Crippen molar-refractivity contribution in [2.45, 2.75) is 45.6 Å². The van der Waals surface area contributed by atoms with Gasteiger partial charge in [0.2, 0.25) is 0 Å². The fourth-order valence-electron chi connectivity index (χ4n) is 3.39. The Morgan fingerprint density at radius 3 is 2.69 bits per heavy atom. The van der Waals surface area contributed by atoms with Crippen LogP contribution >= 0.6 is 0 Å². The first kappa shape index (κ1) is 18.2. The average Bonchev–Trinajstić information content (AvgIpc) is 3.04. The zero-order chi connectivity index (χ0) is 18.5. The van der Waals surface area contributed by atoms with Gasteiger partial charge in [0, 0.05) is 11.6 Å². The Morgan fingerprint density at radius 1 is 1.23 bits per heavy atom. The number of rotatable bonds is 5. The molecule has 1 N–H and O–H groups in total. The van der Waals surface area contributed by atoms with E-state index in [1.54, 1.807) is 6.92 Å². The molecule has 1 aliphatic carbocycles. The van der Waals surface area contributed by atoms with E-state index in [0.717, 1.165) is 24.8 Å². The van der Waals surface area contributed by atoms with Crippen molar-refractivity contribution in [3.8, 4) is 11.3 Å². The lowest BCUT2D eigenvalue weighted by Gasteiger charge is -2.29. The molecule has 0 aliphatic heterocycles. The standard InChI is InChI=1S/C20H24N2O4/c1-13-8-6-7-11-16(13)21-17(23)12-25-20(24)18-14(2)26-22-19(18)15-9-4-3-5-10-15/h3-5,9-10,13,16H,6-8,11-12H2,1-2H3,(H,21,23)/t13-,16+/m1/s1. The summed E-state index contributed by atoms with van der Waals surface area (Å²) in [4.78, 5) is 24.6. The quantitative estimate of drug-likeness (QED) is 0.829. The molecule has 2 aromatic rings. The van der Waals surface area contributed by atoms with Gasteiger partial charge < -0.3 is 14.6 Å². The molecule has 0 bridgehead atoms. The molecule has 6 nitrogen and oxygen atoms in total. The molecule has 1 aliphatic rings. The first-order valence-corrected chi connectivity index (χ1v) is 9.04. The Bertz CT molecular complexity index is 769. The number of amides is 1. The van der Waals surface area contributed by atoms with Crippen LogP contribution in [0, 0.1) is 12.8 Å². The second-order valence-electron chi connectivity index (χ2n) is 6.84. The summed E-state index contributed by atoms with van der Waals surface area (Å²) >= 11 is 0. The highest BCUT2D eigenvalue weighted by Gasteiger charge is 2.25. The summed E-state index contributed by atoms with van der Waals surface area (Å²) in [6, 6.07) is 9.43. The van der Waals surface area contributed by atoms with E-state index in [9.17, 15) is 9.59 Å². The van der Waals surface area contributed by atoms with Crippen LogP contribution < -0.4 is 5.32 Å². The van der Waals surface area contributed by atoms with Crippen molar-refractivity contribution in [3.05, 3.63) is 41.7 Å². The Hall–Kier alpha value is -2.63. The molecule has 2 atom stereocenters. The van der Waals surface area contributed by atoms with Gasteiger partial charge in [-0.1, -0.05) is 55.3 Å². The number of nitrogens with zero attached hydrogens (tertiary/aromatic N) is 1. The topological polar surface area (TPSA) is 81.4 Å². The van der Waals surface area contributed by atoms with Gasteiger partial charge in [-0.2, -0.15) is 0 Å². The minimum Gasteiger partial charge on any atom is -0.452 e.